The number of ether oxygens (including phenoxy) is 1. The summed E-state index contributed by atoms with van der Waals surface area (Å²) in [6, 6.07) is 6.15. The van der Waals surface area contributed by atoms with Crippen molar-refractivity contribution in [2.75, 3.05) is 11.9 Å². The van der Waals surface area contributed by atoms with Gasteiger partial charge < -0.3 is 10.1 Å². The van der Waals surface area contributed by atoms with Crippen LogP contribution in [0.3, 0.4) is 0 Å². The lowest BCUT2D eigenvalue weighted by molar-refractivity contribution is -0.137. The highest BCUT2D eigenvalue weighted by atomic mass is 16.5. The van der Waals surface area contributed by atoms with E-state index >= 15 is 0 Å². The minimum absolute atomic E-state index is 0.132. The standard InChI is InChI=1S/C16H19N3O5/c1-3-13(20)17-12-7-5-11(6-8-12)16(23)19-18-14(21)9-10-15(22)24-4-2/h5-10H,3-4H2,1-2H3,(H,17,20)(H,18,21)(H,19,23). The summed E-state index contributed by atoms with van der Waals surface area (Å²) < 4.78 is 4.61. The summed E-state index contributed by atoms with van der Waals surface area (Å²) in [5, 5.41) is 2.65. The van der Waals surface area contributed by atoms with E-state index in [-0.39, 0.29) is 12.5 Å². The number of amides is 3. The molecule has 3 N–H and O–H groups in total. The normalized spacial score (nSPS) is 10.1. The van der Waals surface area contributed by atoms with Crippen LogP contribution in [0.4, 0.5) is 5.69 Å². The van der Waals surface area contributed by atoms with Crippen LogP contribution < -0.4 is 16.2 Å². The first-order chi connectivity index (χ1) is 11.5. The van der Waals surface area contributed by atoms with Gasteiger partial charge in [0, 0.05) is 29.8 Å². The molecule has 1 rings (SSSR count). The van der Waals surface area contributed by atoms with Crippen molar-refractivity contribution in [3.8, 4) is 0 Å². The van der Waals surface area contributed by atoms with Crippen molar-refractivity contribution in [2.24, 2.45) is 0 Å². The minimum Gasteiger partial charge on any atom is -0.463 e. The van der Waals surface area contributed by atoms with E-state index in [9.17, 15) is 19.2 Å². The predicted octanol–water partition coefficient (Wildman–Crippen LogP) is 0.915. The third-order valence-corrected chi connectivity index (χ3v) is 2.71. The van der Waals surface area contributed by atoms with Gasteiger partial charge in [0.1, 0.15) is 0 Å². The number of hydrazine groups is 1. The van der Waals surface area contributed by atoms with Gasteiger partial charge >= 0.3 is 5.97 Å². The molecule has 3 amide bonds. The van der Waals surface area contributed by atoms with E-state index in [1.54, 1.807) is 26.0 Å². The molecule has 0 saturated heterocycles. The predicted molar refractivity (Wildman–Crippen MR) is 86.7 cm³/mol. The molecule has 0 aliphatic rings. The molecule has 0 unspecified atom stereocenters. The Hall–Kier alpha value is -3.16. The average Bonchev–Trinajstić information content (AvgIpc) is 2.58. The van der Waals surface area contributed by atoms with Gasteiger partial charge in [-0.3, -0.25) is 25.2 Å². The lowest BCUT2D eigenvalue weighted by Crippen LogP contribution is -2.40. The molecule has 0 atom stereocenters. The molecule has 128 valence electrons. The molecule has 0 radical (unpaired) electrons. The van der Waals surface area contributed by atoms with Crippen molar-refractivity contribution < 1.29 is 23.9 Å². The maximum absolute atomic E-state index is 11.9. The average molecular weight is 333 g/mol. The lowest BCUT2D eigenvalue weighted by atomic mass is 10.2. The minimum atomic E-state index is -0.678. The third kappa shape index (κ3) is 6.73. The Morgan fingerprint density at radius 1 is 1.00 bits per heavy atom. The Morgan fingerprint density at radius 3 is 2.25 bits per heavy atom. The number of nitrogens with one attached hydrogen (secondary N) is 3. The Balaban J connectivity index is 2.49. The van der Waals surface area contributed by atoms with E-state index in [1.807, 2.05) is 0 Å². The van der Waals surface area contributed by atoms with Gasteiger partial charge in [0.05, 0.1) is 6.61 Å². The van der Waals surface area contributed by atoms with Crippen LogP contribution in [0.15, 0.2) is 36.4 Å². The van der Waals surface area contributed by atoms with Gasteiger partial charge in [-0.25, -0.2) is 4.79 Å². The van der Waals surface area contributed by atoms with Crippen molar-refractivity contribution in [2.45, 2.75) is 20.3 Å². The molecule has 0 heterocycles. The largest absolute Gasteiger partial charge is 0.463 e. The zero-order valence-electron chi connectivity index (χ0n) is 13.4. The van der Waals surface area contributed by atoms with Crippen LogP contribution in [0.25, 0.3) is 0 Å². The molecule has 24 heavy (non-hydrogen) atoms. The van der Waals surface area contributed by atoms with Crippen LogP contribution in [0.5, 0.6) is 0 Å². The molecule has 0 aliphatic heterocycles. The second-order valence-corrected chi connectivity index (χ2v) is 4.51. The smallest absolute Gasteiger partial charge is 0.330 e. The maximum Gasteiger partial charge on any atom is 0.330 e. The van der Waals surface area contributed by atoms with E-state index in [1.165, 1.54) is 12.1 Å². The fraction of sp³-hybridized carbons (Fsp3) is 0.250. The second-order valence-electron chi connectivity index (χ2n) is 4.51. The van der Waals surface area contributed by atoms with E-state index in [0.717, 1.165) is 12.2 Å². The van der Waals surface area contributed by atoms with Crippen LogP contribution in [-0.2, 0) is 19.1 Å². The number of hydrogen-bond acceptors (Lipinski definition) is 5. The fourth-order valence-corrected chi connectivity index (χ4v) is 1.52. The van der Waals surface area contributed by atoms with Crippen LogP contribution in [0.1, 0.15) is 30.6 Å². The number of carbonyl (C=O) groups excluding carboxylic acids is 4. The van der Waals surface area contributed by atoms with Gasteiger partial charge in [0.25, 0.3) is 11.8 Å². The zero-order chi connectivity index (χ0) is 17.9. The summed E-state index contributed by atoms with van der Waals surface area (Å²) in [5.41, 5.74) is 5.19. The van der Waals surface area contributed by atoms with Gasteiger partial charge in [0.15, 0.2) is 0 Å². The van der Waals surface area contributed by atoms with Crippen molar-refractivity contribution in [1.29, 1.82) is 0 Å². The molecular formula is C16H19N3O5. The Labute approximate surface area is 139 Å². The van der Waals surface area contributed by atoms with E-state index in [4.69, 9.17) is 0 Å². The highest BCUT2D eigenvalue weighted by Gasteiger charge is 2.07. The van der Waals surface area contributed by atoms with Crippen molar-refractivity contribution in [3.05, 3.63) is 42.0 Å². The quantitative estimate of drug-likeness (QED) is 0.407. The van der Waals surface area contributed by atoms with Crippen LogP contribution in [0.2, 0.25) is 0 Å². The van der Waals surface area contributed by atoms with Gasteiger partial charge in [-0.2, -0.15) is 0 Å². The molecular weight excluding hydrogens is 314 g/mol. The summed E-state index contributed by atoms with van der Waals surface area (Å²) >= 11 is 0. The fourth-order valence-electron chi connectivity index (χ4n) is 1.52. The third-order valence-electron chi connectivity index (χ3n) is 2.71. The molecule has 0 spiro atoms. The number of esters is 1. The van der Waals surface area contributed by atoms with E-state index in [0.29, 0.717) is 17.7 Å². The molecule has 0 saturated carbocycles. The summed E-state index contributed by atoms with van der Waals surface area (Å²) in [6.07, 6.45) is 2.26. The number of carbonyl (C=O) groups is 4. The topological polar surface area (TPSA) is 114 Å². The molecule has 1 aromatic carbocycles. The number of rotatable bonds is 6. The first-order valence-electron chi connectivity index (χ1n) is 7.31. The zero-order valence-corrected chi connectivity index (χ0v) is 13.4. The molecule has 0 bridgehead atoms. The molecule has 0 aliphatic carbocycles. The van der Waals surface area contributed by atoms with E-state index in [2.05, 4.69) is 20.9 Å². The summed E-state index contributed by atoms with van der Waals surface area (Å²) in [4.78, 5) is 45.6. The molecule has 1 aromatic rings. The van der Waals surface area contributed by atoms with E-state index < -0.39 is 17.8 Å². The highest BCUT2D eigenvalue weighted by Crippen LogP contribution is 2.09. The first-order valence-corrected chi connectivity index (χ1v) is 7.31. The summed E-state index contributed by atoms with van der Waals surface area (Å²) in [5.74, 6) is -2.00. The number of benzene rings is 1. The molecule has 8 heteroatoms. The number of anilines is 1. The molecule has 8 nitrogen and oxygen atoms in total. The van der Waals surface area contributed by atoms with Crippen molar-refractivity contribution in [1.82, 2.24) is 10.9 Å². The van der Waals surface area contributed by atoms with Crippen LogP contribution in [-0.4, -0.2) is 30.3 Å². The van der Waals surface area contributed by atoms with Crippen molar-refractivity contribution in [3.63, 3.8) is 0 Å². The maximum atomic E-state index is 11.9. The first kappa shape index (κ1) is 18.9. The van der Waals surface area contributed by atoms with Gasteiger partial charge in [-0.05, 0) is 31.2 Å². The Bertz CT molecular complexity index is 638. The Kier molecular flexibility index (Phi) is 7.69. The van der Waals surface area contributed by atoms with Crippen LogP contribution in [0, 0.1) is 0 Å². The van der Waals surface area contributed by atoms with Gasteiger partial charge in [0.2, 0.25) is 5.91 Å². The van der Waals surface area contributed by atoms with Crippen molar-refractivity contribution >= 4 is 29.4 Å². The molecule has 0 aromatic heterocycles. The number of hydrogen-bond donors (Lipinski definition) is 3. The summed E-state index contributed by atoms with van der Waals surface area (Å²) in [6.45, 7) is 3.58. The Morgan fingerprint density at radius 2 is 1.67 bits per heavy atom. The monoisotopic (exact) mass is 333 g/mol. The molecule has 0 fully saturated rings. The second kappa shape index (κ2) is 9.78. The summed E-state index contributed by atoms with van der Waals surface area (Å²) in [7, 11) is 0. The van der Waals surface area contributed by atoms with Crippen LogP contribution >= 0.6 is 0 Å². The lowest BCUT2D eigenvalue weighted by Gasteiger charge is -2.07. The SMILES string of the molecule is CCOC(=O)C=CC(=O)NNC(=O)c1ccc(NC(=O)CC)cc1. The highest BCUT2D eigenvalue weighted by molar-refractivity contribution is 5.99. The van der Waals surface area contributed by atoms with Gasteiger partial charge in [-0.1, -0.05) is 6.92 Å². The van der Waals surface area contributed by atoms with Gasteiger partial charge in [-0.15, -0.1) is 0 Å².